The van der Waals surface area contributed by atoms with Crippen molar-refractivity contribution in [1.82, 2.24) is 5.32 Å². The lowest BCUT2D eigenvalue weighted by molar-refractivity contribution is 0.181. The molecule has 0 amide bonds. The van der Waals surface area contributed by atoms with E-state index < -0.39 is 0 Å². The number of aryl methyl sites for hydroxylation is 1. The number of hydrogen-bond donors (Lipinski definition) is 1. The third-order valence-electron chi connectivity index (χ3n) is 3.51. The van der Waals surface area contributed by atoms with Gasteiger partial charge in [0.2, 0.25) is 0 Å². The summed E-state index contributed by atoms with van der Waals surface area (Å²) in [7, 11) is 2.05. The SMILES string of the molecule is CNC(CC1CCOC1)c1ccccc1C. The monoisotopic (exact) mass is 219 g/mol. The van der Waals surface area contributed by atoms with Gasteiger partial charge in [0.25, 0.3) is 0 Å². The van der Waals surface area contributed by atoms with Crippen LogP contribution in [0.1, 0.15) is 30.0 Å². The van der Waals surface area contributed by atoms with E-state index in [4.69, 9.17) is 4.74 Å². The standard InChI is InChI=1S/C14H21NO/c1-11-5-3-4-6-13(11)14(15-2)9-12-7-8-16-10-12/h3-6,12,14-15H,7-10H2,1-2H3. The van der Waals surface area contributed by atoms with Crippen LogP contribution in [-0.2, 0) is 4.74 Å². The third kappa shape index (κ3) is 2.63. The zero-order valence-corrected chi connectivity index (χ0v) is 10.2. The Morgan fingerprint density at radius 2 is 2.25 bits per heavy atom. The topological polar surface area (TPSA) is 21.3 Å². The van der Waals surface area contributed by atoms with Gasteiger partial charge in [-0.2, -0.15) is 0 Å². The van der Waals surface area contributed by atoms with Crippen LogP contribution in [0.25, 0.3) is 0 Å². The largest absolute Gasteiger partial charge is 0.381 e. The number of hydrogen-bond acceptors (Lipinski definition) is 2. The van der Waals surface area contributed by atoms with Gasteiger partial charge in [-0.1, -0.05) is 24.3 Å². The first-order chi connectivity index (χ1) is 7.81. The van der Waals surface area contributed by atoms with Gasteiger partial charge in [-0.05, 0) is 43.9 Å². The molecule has 0 spiro atoms. The second kappa shape index (κ2) is 5.46. The van der Waals surface area contributed by atoms with Gasteiger partial charge in [0.15, 0.2) is 0 Å². The number of benzene rings is 1. The quantitative estimate of drug-likeness (QED) is 0.840. The second-order valence-corrected chi connectivity index (χ2v) is 4.66. The van der Waals surface area contributed by atoms with Crippen molar-refractivity contribution in [3.63, 3.8) is 0 Å². The van der Waals surface area contributed by atoms with Crippen molar-refractivity contribution in [3.05, 3.63) is 35.4 Å². The fraction of sp³-hybridized carbons (Fsp3) is 0.571. The van der Waals surface area contributed by atoms with Gasteiger partial charge in [0, 0.05) is 19.3 Å². The van der Waals surface area contributed by atoms with E-state index in [1.807, 2.05) is 7.05 Å². The fourth-order valence-electron chi connectivity index (χ4n) is 2.48. The minimum absolute atomic E-state index is 0.466. The van der Waals surface area contributed by atoms with E-state index in [1.165, 1.54) is 24.0 Å². The molecule has 0 saturated carbocycles. The highest BCUT2D eigenvalue weighted by Gasteiger charge is 2.21. The summed E-state index contributed by atoms with van der Waals surface area (Å²) in [6, 6.07) is 9.10. The molecule has 0 bridgehead atoms. The normalized spacial score (nSPS) is 22.2. The molecule has 2 unspecified atom stereocenters. The van der Waals surface area contributed by atoms with Crippen molar-refractivity contribution in [2.75, 3.05) is 20.3 Å². The molecule has 2 rings (SSSR count). The maximum absolute atomic E-state index is 5.44. The number of rotatable bonds is 4. The third-order valence-corrected chi connectivity index (χ3v) is 3.51. The highest BCUT2D eigenvalue weighted by atomic mass is 16.5. The lowest BCUT2D eigenvalue weighted by Crippen LogP contribution is -2.21. The summed E-state index contributed by atoms with van der Waals surface area (Å²) in [6.07, 6.45) is 2.39. The van der Waals surface area contributed by atoms with Crippen LogP contribution in [0.5, 0.6) is 0 Å². The van der Waals surface area contributed by atoms with Crippen LogP contribution in [0.3, 0.4) is 0 Å². The Balaban J connectivity index is 2.06. The van der Waals surface area contributed by atoms with Crippen molar-refractivity contribution in [2.45, 2.75) is 25.8 Å². The summed E-state index contributed by atoms with van der Waals surface area (Å²) >= 11 is 0. The summed E-state index contributed by atoms with van der Waals surface area (Å²) in [6.45, 7) is 4.06. The molecule has 1 N–H and O–H groups in total. The lowest BCUT2D eigenvalue weighted by Gasteiger charge is -2.21. The average Bonchev–Trinajstić information content (AvgIpc) is 2.80. The number of nitrogens with one attached hydrogen (secondary N) is 1. The summed E-state index contributed by atoms with van der Waals surface area (Å²) in [4.78, 5) is 0. The molecule has 2 heteroatoms. The summed E-state index contributed by atoms with van der Waals surface area (Å²) < 4.78 is 5.44. The fourth-order valence-corrected chi connectivity index (χ4v) is 2.48. The molecule has 1 aromatic carbocycles. The Bertz CT molecular complexity index is 331. The molecule has 1 aliphatic heterocycles. The minimum atomic E-state index is 0.466. The minimum Gasteiger partial charge on any atom is -0.381 e. The molecule has 1 aliphatic rings. The number of ether oxygens (including phenoxy) is 1. The molecule has 88 valence electrons. The Morgan fingerprint density at radius 3 is 2.88 bits per heavy atom. The Morgan fingerprint density at radius 1 is 1.44 bits per heavy atom. The first kappa shape index (κ1) is 11.6. The van der Waals surface area contributed by atoms with Crippen molar-refractivity contribution >= 4 is 0 Å². The maximum Gasteiger partial charge on any atom is 0.0495 e. The molecule has 1 fully saturated rings. The van der Waals surface area contributed by atoms with E-state index in [0.717, 1.165) is 19.1 Å². The van der Waals surface area contributed by atoms with Crippen LogP contribution >= 0.6 is 0 Å². The Hall–Kier alpha value is -0.860. The molecule has 0 aliphatic carbocycles. The van der Waals surface area contributed by atoms with Crippen LogP contribution in [0.15, 0.2) is 24.3 Å². The van der Waals surface area contributed by atoms with Crippen LogP contribution in [0.2, 0.25) is 0 Å². The van der Waals surface area contributed by atoms with Crippen molar-refractivity contribution in [3.8, 4) is 0 Å². The zero-order valence-electron chi connectivity index (χ0n) is 10.2. The molecule has 16 heavy (non-hydrogen) atoms. The molecule has 0 aromatic heterocycles. The molecule has 2 atom stereocenters. The van der Waals surface area contributed by atoms with E-state index in [0.29, 0.717) is 6.04 Å². The van der Waals surface area contributed by atoms with E-state index in [1.54, 1.807) is 0 Å². The van der Waals surface area contributed by atoms with Gasteiger partial charge < -0.3 is 10.1 Å². The highest BCUT2D eigenvalue weighted by molar-refractivity contribution is 5.28. The van der Waals surface area contributed by atoms with Gasteiger partial charge in [-0.15, -0.1) is 0 Å². The summed E-state index contributed by atoms with van der Waals surface area (Å²) in [5.74, 6) is 0.719. The summed E-state index contributed by atoms with van der Waals surface area (Å²) in [5, 5.41) is 3.43. The van der Waals surface area contributed by atoms with Crippen LogP contribution in [0, 0.1) is 12.8 Å². The van der Waals surface area contributed by atoms with E-state index in [9.17, 15) is 0 Å². The van der Waals surface area contributed by atoms with Gasteiger partial charge >= 0.3 is 0 Å². The molecule has 1 saturated heterocycles. The Labute approximate surface area is 98.0 Å². The molecular formula is C14H21NO. The lowest BCUT2D eigenvalue weighted by atomic mass is 9.92. The smallest absolute Gasteiger partial charge is 0.0495 e. The van der Waals surface area contributed by atoms with Gasteiger partial charge in [-0.3, -0.25) is 0 Å². The maximum atomic E-state index is 5.44. The van der Waals surface area contributed by atoms with Crippen LogP contribution < -0.4 is 5.32 Å². The predicted octanol–water partition coefficient (Wildman–Crippen LogP) is 2.68. The summed E-state index contributed by atoms with van der Waals surface area (Å²) in [5.41, 5.74) is 2.80. The molecule has 1 heterocycles. The molecule has 0 radical (unpaired) electrons. The predicted molar refractivity (Wildman–Crippen MR) is 66.5 cm³/mol. The van der Waals surface area contributed by atoms with Crippen LogP contribution in [-0.4, -0.2) is 20.3 Å². The zero-order chi connectivity index (χ0) is 11.4. The van der Waals surface area contributed by atoms with Gasteiger partial charge in [-0.25, -0.2) is 0 Å². The highest BCUT2D eigenvalue weighted by Crippen LogP contribution is 2.27. The van der Waals surface area contributed by atoms with Crippen molar-refractivity contribution in [1.29, 1.82) is 0 Å². The second-order valence-electron chi connectivity index (χ2n) is 4.66. The molecule has 1 aromatic rings. The average molecular weight is 219 g/mol. The first-order valence-corrected chi connectivity index (χ1v) is 6.12. The van der Waals surface area contributed by atoms with E-state index >= 15 is 0 Å². The van der Waals surface area contributed by atoms with Crippen LogP contribution in [0.4, 0.5) is 0 Å². The van der Waals surface area contributed by atoms with Crippen molar-refractivity contribution < 1.29 is 4.74 Å². The van der Waals surface area contributed by atoms with E-state index in [2.05, 4.69) is 36.5 Å². The Kier molecular flexibility index (Phi) is 3.97. The molecular weight excluding hydrogens is 198 g/mol. The van der Waals surface area contributed by atoms with Gasteiger partial charge in [0.05, 0.1) is 0 Å². The molecule has 2 nitrogen and oxygen atoms in total. The van der Waals surface area contributed by atoms with E-state index in [-0.39, 0.29) is 0 Å². The van der Waals surface area contributed by atoms with Gasteiger partial charge in [0.1, 0.15) is 0 Å². The first-order valence-electron chi connectivity index (χ1n) is 6.12. The van der Waals surface area contributed by atoms with Crippen molar-refractivity contribution in [2.24, 2.45) is 5.92 Å².